The quantitative estimate of drug-likeness (QED) is 0.708. The predicted molar refractivity (Wildman–Crippen MR) is 89.4 cm³/mol. The van der Waals surface area contributed by atoms with Gasteiger partial charge in [-0.3, -0.25) is 9.59 Å². The van der Waals surface area contributed by atoms with Crippen molar-refractivity contribution >= 4 is 11.8 Å². The Morgan fingerprint density at radius 2 is 1.82 bits per heavy atom. The van der Waals surface area contributed by atoms with Gasteiger partial charge in [0.1, 0.15) is 0 Å². The molecule has 0 bridgehead atoms. The van der Waals surface area contributed by atoms with E-state index in [1.807, 2.05) is 9.80 Å². The number of likely N-dealkylation sites (tertiary alicyclic amines) is 1. The standard InChI is InChI=1S/C17H33N3O2/c1-4-10-19(11-5-2)15(21)7-6-8-16(22)20-12-9-17(3,13-18)14-20/h4-14,18H2,1-3H3. The van der Waals surface area contributed by atoms with E-state index in [1.54, 1.807) is 0 Å². The van der Waals surface area contributed by atoms with Crippen molar-refractivity contribution < 1.29 is 9.59 Å². The molecule has 2 N–H and O–H groups in total. The largest absolute Gasteiger partial charge is 0.343 e. The highest BCUT2D eigenvalue weighted by molar-refractivity contribution is 5.79. The van der Waals surface area contributed by atoms with Crippen LogP contribution in [0.2, 0.25) is 0 Å². The highest BCUT2D eigenvalue weighted by atomic mass is 16.2. The Morgan fingerprint density at radius 3 is 2.32 bits per heavy atom. The maximum atomic E-state index is 12.2. The van der Waals surface area contributed by atoms with Gasteiger partial charge in [-0.2, -0.15) is 0 Å². The average Bonchev–Trinajstić information content (AvgIpc) is 2.90. The molecule has 0 saturated carbocycles. The first-order chi connectivity index (χ1) is 10.5. The topological polar surface area (TPSA) is 66.6 Å². The normalized spacial score (nSPS) is 21.2. The molecule has 0 spiro atoms. The fourth-order valence-electron chi connectivity index (χ4n) is 3.01. The predicted octanol–water partition coefficient (Wildman–Crippen LogP) is 2.00. The van der Waals surface area contributed by atoms with Crippen LogP contribution >= 0.6 is 0 Å². The summed E-state index contributed by atoms with van der Waals surface area (Å²) in [4.78, 5) is 28.2. The molecule has 0 aliphatic carbocycles. The molecule has 5 heteroatoms. The lowest BCUT2D eigenvalue weighted by atomic mass is 9.90. The minimum absolute atomic E-state index is 0.0739. The van der Waals surface area contributed by atoms with E-state index in [-0.39, 0.29) is 17.2 Å². The van der Waals surface area contributed by atoms with Crippen LogP contribution in [0.5, 0.6) is 0 Å². The minimum atomic E-state index is 0.0739. The van der Waals surface area contributed by atoms with Gasteiger partial charge in [-0.25, -0.2) is 0 Å². The Labute approximate surface area is 135 Å². The molecule has 1 saturated heterocycles. The average molecular weight is 311 g/mol. The van der Waals surface area contributed by atoms with E-state index in [4.69, 9.17) is 5.73 Å². The van der Waals surface area contributed by atoms with E-state index < -0.39 is 0 Å². The van der Waals surface area contributed by atoms with Crippen molar-refractivity contribution in [3.05, 3.63) is 0 Å². The van der Waals surface area contributed by atoms with Crippen molar-refractivity contribution in [2.24, 2.45) is 11.1 Å². The first kappa shape index (κ1) is 18.9. The van der Waals surface area contributed by atoms with Gasteiger partial charge in [0.05, 0.1) is 0 Å². The second-order valence-electron chi connectivity index (χ2n) is 6.81. The van der Waals surface area contributed by atoms with Crippen LogP contribution in [0.1, 0.15) is 59.3 Å². The second-order valence-corrected chi connectivity index (χ2v) is 6.81. The molecule has 0 aromatic rings. The van der Waals surface area contributed by atoms with Gasteiger partial charge in [0, 0.05) is 39.0 Å². The molecule has 1 unspecified atom stereocenters. The van der Waals surface area contributed by atoms with Crippen molar-refractivity contribution in [1.29, 1.82) is 0 Å². The fraction of sp³-hybridized carbons (Fsp3) is 0.882. The number of nitrogens with zero attached hydrogens (tertiary/aromatic N) is 2. The maximum Gasteiger partial charge on any atom is 0.222 e. The van der Waals surface area contributed by atoms with E-state index >= 15 is 0 Å². The fourth-order valence-corrected chi connectivity index (χ4v) is 3.01. The lowest BCUT2D eigenvalue weighted by Gasteiger charge is -2.23. The molecule has 1 atom stereocenters. The number of amides is 2. The molecule has 1 aliphatic rings. The van der Waals surface area contributed by atoms with Crippen LogP contribution in [0.4, 0.5) is 0 Å². The van der Waals surface area contributed by atoms with Crippen LogP contribution in [0.25, 0.3) is 0 Å². The molecule has 2 amide bonds. The third-order valence-corrected chi connectivity index (χ3v) is 4.52. The van der Waals surface area contributed by atoms with Crippen molar-refractivity contribution in [2.45, 2.75) is 59.3 Å². The van der Waals surface area contributed by atoms with E-state index in [9.17, 15) is 9.59 Å². The zero-order valence-electron chi connectivity index (χ0n) is 14.6. The second kappa shape index (κ2) is 9.13. The molecule has 1 rings (SSSR count). The molecule has 5 nitrogen and oxygen atoms in total. The molecular formula is C17H33N3O2. The number of hydrogen-bond acceptors (Lipinski definition) is 3. The van der Waals surface area contributed by atoms with Gasteiger partial charge in [-0.05, 0) is 37.6 Å². The van der Waals surface area contributed by atoms with Crippen molar-refractivity contribution in [3.8, 4) is 0 Å². The molecule has 0 aromatic carbocycles. The third kappa shape index (κ3) is 5.59. The zero-order valence-corrected chi connectivity index (χ0v) is 14.6. The van der Waals surface area contributed by atoms with Gasteiger partial charge in [0.2, 0.25) is 11.8 Å². The molecule has 0 aromatic heterocycles. The Kier molecular flexibility index (Phi) is 7.87. The van der Waals surface area contributed by atoms with Crippen LogP contribution < -0.4 is 5.73 Å². The molecule has 0 radical (unpaired) electrons. The van der Waals surface area contributed by atoms with E-state index in [2.05, 4.69) is 20.8 Å². The Bertz CT molecular complexity index is 367. The Hall–Kier alpha value is -1.10. The van der Waals surface area contributed by atoms with Crippen LogP contribution in [0.3, 0.4) is 0 Å². The van der Waals surface area contributed by atoms with E-state index in [0.717, 1.165) is 45.4 Å². The summed E-state index contributed by atoms with van der Waals surface area (Å²) in [6, 6.07) is 0. The van der Waals surface area contributed by atoms with Crippen molar-refractivity contribution in [1.82, 2.24) is 9.80 Å². The number of carbonyl (C=O) groups is 2. The lowest BCUT2D eigenvalue weighted by molar-refractivity contribution is -0.132. The third-order valence-electron chi connectivity index (χ3n) is 4.52. The highest BCUT2D eigenvalue weighted by Crippen LogP contribution is 2.28. The SMILES string of the molecule is CCCN(CCC)C(=O)CCCC(=O)N1CCC(C)(CN)C1. The molecular weight excluding hydrogens is 278 g/mol. The smallest absolute Gasteiger partial charge is 0.222 e. The summed E-state index contributed by atoms with van der Waals surface area (Å²) >= 11 is 0. The van der Waals surface area contributed by atoms with Crippen LogP contribution in [0.15, 0.2) is 0 Å². The maximum absolute atomic E-state index is 12.2. The summed E-state index contributed by atoms with van der Waals surface area (Å²) in [5, 5.41) is 0. The van der Waals surface area contributed by atoms with E-state index in [0.29, 0.717) is 25.8 Å². The highest BCUT2D eigenvalue weighted by Gasteiger charge is 2.34. The first-order valence-corrected chi connectivity index (χ1v) is 8.71. The van der Waals surface area contributed by atoms with Gasteiger partial charge in [-0.1, -0.05) is 20.8 Å². The molecule has 128 valence electrons. The van der Waals surface area contributed by atoms with Gasteiger partial charge >= 0.3 is 0 Å². The Balaban J connectivity index is 2.31. The van der Waals surface area contributed by atoms with Crippen LogP contribution in [-0.2, 0) is 9.59 Å². The van der Waals surface area contributed by atoms with Gasteiger partial charge < -0.3 is 15.5 Å². The molecule has 22 heavy (non-hydrogen) atoms. The van der Waals surface area contributed by atoms with Crippen LogP contribution in [0, 0.1) is 5.41 Å². The number of hydrogen-bond donors (Lipinski definition) is 1. The Morgan fingerprint density at radius 1 is 1.18 bits per heavy atom. The monoisotopic (exact) mass is 311 g/mol. The zero-order chi connectivity index (χ0) is 16.6. The summed E-state index contributed by atoms with van der Waals surface area (Å²) in [5.41, 5.74) is 5.85. The van der Waals surface area contributed by atoms with E-state index in [1.165, 1.54) is 0 Å². The summed E-state index contributed by atoms with van der Waals surface area (Å²) in [5.74, 6) is 0.354. The summed E-state index contributed by atoms with van der Waals surface area (Å²) in [6.07, 6.45) is 4.55. The summed E-state index contributed by atoms with van der Waals surface area (Å²) in [7, 11) is 0. The summed E-state index contributed by atoms with van der Waals surface area (Å²) in [6.45, 7) is 10.1. The van der Waals surface area contributed by atoms with Crippen LogP contribution in [-0.4, -0.2) is 54.3 Å². The number of nitrogens with two attached hydrogens (primary N) is 1. The minimum Gasteiger partial charge on any atom is -0.343 e. The van der Waals surface area contributed by atoms with Gasteiger partial charge in [0.15, 0.2) is 0 Å². The summed E-state index contributed by atoms with van der Waals surface area (Å²) < 4.78 is 0. The van der Waals surface area contributed by atoms with Crippen molar-refractivity contribution in [3.63, 3.8) is 0 Å². The molecule has 1 fully saturated rings. The van der Waals surface area contributed by atoms with Gasteiger partial charge in [-0.15, -0.1) is 0 Å². The number of rotatable bonds is 9. The lowest BCUT2D eigenvalue weighted by Crippen LogP contribution is -2.35. The molecule has 1 heterocycles. The number of carbonyl (C=O) groups excluding carboxylic acids is 2. The molecule has 1 aliphatic heterocycles. The first-order valence-electron chi connectivity index (χ1n) is 8.71. The van der Waals surface area contributed by atoms with Gasteiger partial charge in [0.25, 0.3) is 0 Å². The van der Waals surface area contributed by atoms with Crippen molar-refractivity contribution in [2.75, 3.05) is 32.7 Å².